The van der Waals surface area contributed by atoms with Gasteiger partial charge in [0.1, 0.15) is 6.10 Å². The molecule has 0 unspecified atom stereocenters. The van der Waals surface area contributed by atoms with Crippen molar-refractivity contribution in [2.24, 2.45) is 0 Å². The van der Waals surface area contributed by atoms with E-state index >= 15 is 0 Å². The van der Waals surface area contributed by atoms with E-state index in [0.29, 0.717) is 12.0 Å². The van der Waals surface area contributed by atoms with Crippen molar-refractivity contribution in [1.29, 1.82) is 0 Å². The Morgan fingerprint density at radius 3 is 2.83 bits per heavy atom. The minimum Gasteiger partial charge on any atom is -0.504 e. The lowest BCUT2D eigenvalue weighted by Crippen LogP contribution is -2.78. The quantitative estimate of drug-likeness (QED) is 0.622. The lowest BCUT2D eigenvalue weighted by atomic mass is 9.48. The van der Waals surface area contributed by atoms with Gasteiger partial charge in [0.15, 0.2) is 11.5 Å². The van der Waals surface area contributed by atoms with Crippen LogP contribution in [-0.2, 0) is 16.6 Å². The van der Waals surface area contributed by atoms with Crippen LogP contribution in [-0.4, -0.2) is 76.0 Å². The monoisotopic (exact) mass is 504 g/mol. The number of hydrogen-bond donors (Lipinski definition) is 2. The lowest BCUT2D eigenvalue weighted by molar-refractivity contribution is -0.221. The van der Waals surface area contributed by atoms with Crippen LogP contribution in [0.1, 0.15) is 36.0 Å². The Balaban J connectivity index is 1.40. The van der Waals surface area contributed by atoms with E-state index in [4.69, 9.17) is 9.15 Å². The van der Waals surface area contributed by atoms with Crippen LogP contribution in [0.5, 0.6) is 11.5 Å². The number of amides is 1. The van der Waals surface area contributed by atoms with Crippen molar-refractivity contribution in [3.05, 3.63) is 53.5 Å². The fourth-order valence-electron chi connectivity index (χ4n) is 7.24. The van der Waals surface area contributed by atoms with Crippen molar-refractivity contribution in [2.75, 3.05) is 20.1 Å². The van der Waals surface area contributed by atoms with E-state index in [1.165, 1.54) is 29.6 Å². The number of likely N-dealkylation sites (tertiary alicyclic amines) is 1. The van der Waals surface area contributed by atoms with Crippen LogP contribution in [0.15, 0.2) is 41.2 Å². The zero-order valence-electron chi connectivity index (χ0n) is 19.7. The average Bonchev–Trinajstić information content (AvgIpc) is 3.45. The Hall–Kier alpha value is -2.98. The zero-order valence-corrected chi connectivity index (χ0v) is 19.7. The highest BCUT2D eigenvalue weighted by molar-refractivity contribution is 5.91. The van der Waals surface area contributed by atoms with Crippen molar-refractivity contribution in [3.63, 3.8) is 0 Å². The first-order valence-electron chi connectivity index (χ1n) is 12.1. The number of nitrogens with zero attached hydrogens (tertiary/aromatic N) is 2. The molecule has 2 fully saturated rings. The molecular weight excluding hydrogens is 477 g/mol. The molecule has 10 heteroatoms. The number of ether oxygens (including phenoxy) is 1. The largest absolute Gasteiger partial charge is 0.504 e. The standard InChI is InChI=1S/C26H27F3N2O5/c1-30(20(33)5-2-15-7-11-35-13-15)17-6-8-25(34)19-12-16-3-4-18(32)22-21(16)24(25,23(17)36-22)9-10-31(19)14-26(27,28)29/h2-5,7,11,13,17,19,23,32,34H,6,8-10,12,14H2,1H3/b5-2+/t17-,19-,23+,24+,25-/m1/s1. The number of phenols is 1. The van der Waals surface area contributed by atoms with E-state index in [-0.39, 0.29) is 43.2 Å². The topological polar surface area (TPSA) is 86.4 Å². The molecular formula is C26H27F3N2O5. The van der Waals surface area contributed by atoms with Crippen molar-refractivity contribution in [1.82, 2.24) is 9.80 Å². The van der Waals surface area contributed by atoms with Gasteiger partial charge in [0, 0.05) is 36.8 Å². The second-order valence-electron chi connectivity index (χ2n) is 10.4. The molecule has 2 bridgehead atoms. The van der Waals surface area contributed by atoms with Gasteiger partial charge in [-0.3, -0.25) is 9.69 Å². The van der Waals surface area contributed by atoms with E-state index in [9.17, 15) is 28.2 Å². The molecule has 2 aliphatic carbocycles. The summed E-state index contributed by atoms with van der Waals surface area (Å²) in [5.74, 6) is -0.0575. The second-order valence-corrected chi connectivity index (χ2v) is 10.4. The molecule has 1 saturated carbocycles. The van der Waals surface area contributed by atoms with Gasteiger partial charge in [0.2, 0.25) is 5.91 Å². The lowest BCUT2D eigenvalue weighted by Gasteiger charge is -2.64. The summed E-state index contributed by atoms with van der Waals surface area (Å²) in [6.07, 6.45) is 2.04. The van der Waals surface area contributed by atoms with Crippen molar-refractivity contribution in [2.45, 2.75) is 61.1 Å². The van der Waals surface area contributed by atoms with E-state index in [2.05, 4.69) is 0 Å². The summed E-state index contributed by atoms with van der Waals surface area (Å²) < 4.78 is 51.7. The fraction of sp³-hybridized carbons (Fsp3) is 0.500. The van der Waals surface area contributed by atoms with Crippen LogP contribution in [0, 0.1) is 0 Å². The molecule has 6 rings (SSSR count). The Morgan fingerprint density at radius 2 is 2.11 bits per heavy atom. The Bertz CT molecular complexity index is 1230. The summed E-state index contributed by atoms with van der Waals surface area (Å²) in [5.41, 5.74) is -0.300. The number of hydrogen-bond acceptors (Lipinski definition) is 6. The number of benzene rings is 1. The number of furan rings is 1. The number of likely N-dealkylation sites (N-methyl/N-ethyl adjacent to an activating group) is 1. The Morgan fingerprint density at radius 1 is 1.31 bits per heavy atom. The first-order chi connectivity index (χ1) is 17.0. The van der Waals surface area contributed by atoms with Gasteiger partial charge < -0.3 is 24.3 Å². The first-order valence-corrected chi connectivity index (χ1v) is 12.1. The maximum atomic E-state index is 13.4. The third kappa shape index (κ3) is 3.16. The Kier molecular flexibility index (Phi) is 5.05. The van der Waals surface area contributed by atoms with Gasteiger partial charge in [0.05, 0.1) is 36.1 Å². The maximum Gasteiger partial charge on any atom is 0.401 e. The maximum absolute atomic E-state index is 13.4. The number of piperidine rings is 1. The molecule has 192 valence electrons. The van der Waals surface area contributed by atoms with E-state index < -0.39 is 41.9 Å². The molecule has 4 aliphatic rings. The molecule has 7 nitrogen and oxygen atoms in total. The van der Waals surface area contributed by atoms with Crippen LogP contribution in [0.2, 0.25) is 0 Å². The van der Waals surface area contributed by atoms with Crippen molar-refractivity contribution in [3.8, 4) is 11.5 Å². The van der Waals surface area contributed by atoms with Crippen LogP contribution in [0.4, 0.5) is 13.2 Å². The summed E-state index contributed by atoms with van der Waals surface area (Å²) in [6, 6.07) is 3.75. The van der Waals surface area contributed by atoms with E-state index in [1.807, 2.05) is 0 Å². The van der Waals surface area contributed by atoms with Crippen LogP contribution >= 0.6 is 0 Å². The summed E-state index contributed by atoms with van der Waals surface area (Å²) in [5, 5.41) is 22.9. The number of alkyl halides is 3. The molecule has 1 amide bonds. The molecule has 2 aromatic rings. The van der Waals surface area contributed by atoms with Gasteiger partial charge in [0.25, 0.3) is 0 Å². The predicted molar refractivity (Wildman–Crippen MR) is 122 cm³/mol. The fourth-order valence-corrected chi connectivity index (χ4v) is 7.24. The molecule has 0 radical (unpaired) electrons. The number of halogens is 3. The molecule has 36 heavy (non-hydrogen) atoms. The summed E-state index contributed by atoms with van der Waals surface area (Å²) >= 11 is 0. The van der Waals surface area contributed by atoms with E-state index in [1.54, 1.807) is 30.2 Å². The van der Waals surface area contributed by atoms with Gasteiger partial charge in [-0.25, -0.2) is 0 Å². The SMILES string of the molecule is CN(C(=O)/C=C/c1ccoc1)[C@@H]1CC[C@@]2(O)[C@H]3Cc4ccc(O)c5c4[C@@]2(CCN3CC(F)(F)F)[C@H]1O5. The first kappa shape index (κ1) is 23.4. The number of rotatable bonds is 4. The number of aromatic hydroxyl groups is 1. The van der Waals surface area contributed by atoms with Crippen LogP contribution < -0.4 is 4.74 Å². The molecule has 2 N–H and O–H groups in total. The molecule has 5 atom stereocenters. The van der Waals surface area contributed by atoms with Gasteiger partial charge >= 0.3 is 6.18 Å². The highest BCUT2D eigenvalue weighted by atomic mass is 19.4. The number of carbonyl (C=O) groups excluding carboxylic acids is 1. The van der Waals surface area contributed by atoms with Gasteiger partial charge in [-0.1, -0.05) is 6.07 Å². The molecule has 3 heterocycles. The van der Waals surface area contributed by atoms with Crippen LogP contribution in [0.3, 0.4) is 0 Å². The molecule has 1 aromatic carbocycles. The number of phenolic OH excluding ortho intramolecular Hbond substituents is 1. The highest BCUT2D eigenvalue weighted by Crippen LogP contribution is 2.65. The molecule has 2 aliphatic heterocycles. The highest BCUT2D eigenvalue weighted by Gasteiger charge is 2.73. The predicted octanol–water partition coefficient (Wildman–Crippen LogP) is 3.24. The summed E-state index contributed by atoms with van der Waals surface area (Å²) in [7, 11) is 1.67. The zero-order chi connectivity index (χ0) is 25.5. The van der Waals surface area contributed by atoms with Crippen LogP contribution in [0.25, 0.3) is 6.08 Å². The Labute approximate surface area is 205 Å². The molecule has 1 saturated heterocycles. The normalized spacial score (nSPS) is 32.9. The third-order valence-corrected chi connectivity index (χ3v) is 8.73. The smallest absolute Gasteiger partial charge is 0.401 e. The second kappa shape index (κ2) is 7.76. The number of aliphatic hydroxyl groups is 1. The number of carbonyl (C=O) groups is 1. The average molecular weight is 505 g/mol. The minimum absolute atomic E-state index is 0.0661. The van der Waals surface area contributed by atoms with Gasteiger partial charge in [-0.2, -0.15) is 13.2 Å². The van der Waals surface area contributed by atoms with Gasteiger partial charge in [-0.15, -0.1) is 0 Å². The molecule has 1 spiro atoms. The summed E-state index contributed by atoms with van der Waals surface area (Å²) in [6.45, 7) is -0.964. The van der Waals surface area contributed by atoms with Gasteiger partial charge in [-0.05, 0) is 49.5 Å². The van der Waals surface area contributed by atoms with Crippen molar-refractivity contribution < 1.29 is 37.3 Å². The minimum atomic E-state index is -4.39. The summed E-state index contributed by atoms with van der Waals surface area (Å²) in [4.78, 5) is 16.0. The molecule has 1 aromatic heterocycles. The third-order valence-electron chi connectivity index (χ3n) is 8.73. The van der Waals surface area contributed by atoms with E-state index in [0.717, 1.165) is 11.1 Å². The van der Waals surface area contributed by atoms with Crippen molar-refractivity contribution >= 4 is 12.0 Å².